The van der Waals surface area contributed by atoms with Gasteiger partial charge >= 0.3 is 0 Å². The van der Waals surface area contributed by atoms with Gasteiger partial charge in [-0.3, -0.25) is 0 Å². The molecular weight excluding hydrogens is 486 g/mol. The van der Waals surface area contributed by atoms with Crippen molar-refractivity contribution in [3.8, 4) is 22.5 Å². The van der Waals surface area contributed by atoms with Gasteiger partial charge in [-0.05, 0) is 36.4 Å². The molecule has 0 saturated heterocycles. The third kappa shape index (κ3) is 3.14. The Balaban J connectivity index is 1.79. The predicted octanol–water partition coefficient (Wildman–Crippen LogP) is 8.26. The van der Waals surface area contributed by atoms with Crippen LogP contribution in [-0.2, 0) is 0 Å². The molecule has 8 heteroatoms. The Morgan fingerprint density at radius 1 is 0.594 bits per heavy atom. The molecule has 2 aliphatic heterocycles. The van der Waals surface area contributed by atoms with Crippen LogP contribution in [0, 0.1) is 0 Å². The van der Waals surface area contributed by atoms with Crippen LogP contribution in [-0.4, -0.2) is 19.9 Å². The maximum Gasteiger partial charge on any atom is 0.105 e. The summed E-state index contributed by atoms with van der Waals surface area (Å²) in [4.78, 5) is 16.1. The number of fused-ring (bicyclic) bond motifs is 11. The van der Waals surface area contributed by atoms with E-state index in [-0.39, 0.29) is 10.1 Å². The highest BCUT2D eigenvalue weighted by Crippen LogP contribution is 2.42. The first-order chi connectivity index (χ1) is 15.5. The van der Waals surface area contributed by atoms with Crippen LogP contribution in [0.4, 0.5) is 0 Å². The van der Waals surface area contributed by atoms with Crippen molar-refractivity contribution in [3.63, 3.8) is 0 Å². The van der Waals surface area contributed by atoms with E-state index >= 15 is 0 Å². The lowest BCUT2D eigenvalue weighted by Gasteiger charge is -1.97. The fourth-order valence-electron chi connectivity index (χ4n) is 3.92. The SMILES string of the molecule is ClC1=C(Cl)c2nc1cc1nc(cc3ccc(cc4cc(Cl)c([nH]4)c2Cl)[nH]3)-c2ccccc2-1. The van der Waals surface area contributed by atoms with E-state index in [0.717, 1.165) is 39.1 Å². The zero-order valence-electron chi connectivity index (χ0n) is 16.2. The number of hydrogen-bond acceptors (Lipinski definition) is 2. The van der Waals surface area contributed by atoms with Crippen molar-refractivity contribution in [1.29, 1.82) is 0 Å². The summed E-state index contributed by atoms with van der Waals surface area (Å²) in [6, 6.07) is 19.6. The van der Waals surface area contributed by atoms with Crippen LogP contribution in [0.15, 0.2) is 60.7 Å². The summed E-state index contributed by atoms with van der Waals surface area (Å²) in [5.41, 5.74) is 7.59. The number of nitrogens with one attached hydrogen (secondary N) is 2. The van der Waals surface area contributed by atoms with Gasteiger partial charge in [-0.1, -0.05) is 70.7 Å². The monoisotopic (exact) mass is 496 g/mol. The molecule has 2 aliphatic rings. The Morgan fingerprint density at radius 2 is 1.28 bits per heavy atom. The maximum absolute atomic E-state index is 6.67. The van der Waals surface area contributed by atoms with Crippen molar-refractivity contribution < 1.29 is 0 Å². The predicted molar refractivity (Wildman–Crippen MR) is 134 cm³/mol. The van der Waals surface area contributed by atoms with Gasteiger partial charge in [0.1, 0.15) is 5.69 Å². The maximum atomic E-state index is 6.67. The third-order valence-corrected chi connectivity index (χ3v) is 6.92. The zero-order valence-corrected chi connectivity index (χ0v) is 19.2. The topological polar surface area (TPSA) is 57.4 Å². The lowest BCUT2D eigenvalue weighted by Crippen LogP contribution is -1.81. The molecule has 0 saturated carbocycles. The molecule has 4 aromatic rings. The fraction of sp³-hybridized carbons (Fsp3) is 0. The molecule has 8 bridgehead atoms. The highest BCUT2D eigenvalue weighted by Gasteiger charge is 2.23. The van der Waals surface area contributed by atoms with Gasteiger partial charge in [0.2, 0.25) is 0 Å². The van der Waals surface area contributed by atoms with Gasteiger partial charge < -0.3 is 9.97 Å². The second kappa shape index (κ2) is 7.39. The van der Waals surface area contributed by atoms with E-state index in [9.17, 15) is 0 Å². The van der Waals surface area contributed by atoms with Crippen LogP contribution in [0.1, 0.15) is 11.4 Å². The molecule has 156 valence electrons. The Labute approximate surface area is 202 Å². The van der Waals surface area contributed by atoms with Crippen LogP contribution in [0.2, 0.25) is 10.0 Å². The highest BCUT2D eigenvalue weighted by atomic mass is 35.5. The smallest absolute Gasteiger partial charge is 0.105 e. The molecule has 32 heavy (non-hydrogen) atoms. The Hall–Kier alpha value is -2.76. The van der Waals surface area contributed by atoms with Crippen LogP contribution in [0.25, 0.3) is 54.6 Å². The quantitative estimate of drug-likeness (QED) is 0.226. The van der Waals surface area contributed by atoms with E-state index in [1.54, 1.807) is 6.07 Å². The second-order valence-corrected chi connectivity index (χ2v) is 9.01. The van der Waals surface area contributed by atoms with E-state index in [2.05, 4.69) is 15.0 Å². The van der Waals surface area contributed by atoms with Crippen molar-refractivity contribution in [1.82, 2.24) is 19.9 Å². The molecule has 1 aromatic carbocycles. The molecule has 0 spiro atoms. The fourth-order valence-corrected chi connectivity index (χ4v) is 4.98. The second-order valence-electron chi connectivity index (χ2n) is 7.47. The number of aromatic nitrogens is 4. The van der Waals surface area contributed by atoms with Crippen LogP contribution in [0.3, 0.4) is 0 Å². The summed E-state index contributed by atoms with van der Waals surface area (Å²) in [7, 11) is 0. The molecular formula is C24H12Cl4N4. The van der Waals surface area contributed by atoms with Crippen LogP contribution in [0.5, 0.6) is 0 Å². The lowest BCUT2D eigenvalue weighted by atomic mass is 10.0. The van der Waals surface area contributed by atoms with Gasteiger partial charge in [-0.25, -0.2) is 9.97 Å². The molecule has 5 heterocycles. The number of nitrogens with zero attached hydrogens (tertiary/aromatic N) is 2. The lowest BCUT2D eigenvalue weighted by molar-refractivity contribution is 1.30. The highest BCUT2D eigenvalue weighted by molar-refractivity contribution is 6.66. The van der Waals surface area contributed by atoms with E-state index in [4.69, 9.17) is 51.4 Å². The van der Waals surface area contributed by atoms with Crippen molar-refractivity contribution in [2.24, 2.45) is 0 Å². The summed E-state index contributed by atoms with van der Waals surface area (Å²) < 4.78 is 0. The number of rotatable bonds is 0. The zero-order chi connectivity index (χ0) is 22.0. The molecule has 3 aromatic heterocycles. The number of benzene rings is 1. The number of aromatic amines is 2. The third-order valence-electron chi connectivity index (χ3n) is 5.40. The first kappa shape index (κ1) is 19.9. The molecule has 0 atom stereocenters. The van der Waals surface area contributed by atoms with Crippen molar-refractivity contribution in [2.75, 3.05) is 0 Å². The first-order valence-electron chi connectivity index (χ1n) is 9.70. The molecule has 0 amide bonds. The molecule has 4 nitrogen and oxygen atoms in total. The number of hydrogen-bond donors (Lipinski definition) is 2. The van der Waals surface area contributed by atoms with E-state index in [0.29, 0.717) is 27.0 Å². The van der Waals surface area contributed by atoms with Gasteiger partial charge in [0, 0.05) is 27.7 Å². The minimum atomic E-state index is 0.264. The van der Waals surface area contributed by atoms with Gasteiger partial charge in [-0.2, -0.15) is 0 Å². The molecule has 2 N–H and O–H groups in total. The van der Waals surface area contributed by atoms with E-state index in [1.165, 1.54) is 0 Å². The minimum Gasteiger partial charge on any atom is -0.355 e. The normalized spacial score (nSPS) is 12.9. The first-order valence-corrected chi connectivity index (χ1v) is 11.2. The summed E-state index contributed by atoms with van der Waals surface area (Å²) >= 11 is 26.2. The van der Waals surface area contributed by atoms with Gasteiger partial charge in [0.15, 0.2) is 0 Å². The Bertz CT molecular complexity index is 1630. The van der Waals surface area contributed by atoms with Crippen molar-refractivity contribution >= 4 is 78.5 Å². The molecule has 6 rings (SSSR count). The Kier molecular flexibility index (Phi) is 4.60. The minimum absolute atomic E-state index is 0.264. The van der Waals surface area contributed by atoms with Gasteiger partial charge in [0.05, 0.1) is 42.7 Å². The van der Waals surface area contributed by atoms with Crippen molar-refractivity contribution in [2.45, 2.75) is 0 Å². The summed E-state index contributed by atoms with van der Waals surface area (Å²) in [5, 5.41) is 1.32. The summed E-state index contributed by atoms with van der Waals surface area (Å²) in [6.45, 7) is 0. The summed E-state index contributed by atoms with van der Waals surface area (Å²) in [5.74, 6) is 0. The standard InChI is InChI=1S/C24H12Cl4N4/c25-16-8-13-7-11-5-6-12(29-11)9-17-14-3-1-2-4-15(14)18(31-17)10-19-20(26)21(27)24(32-19)22(28)23(16)30-13/h1-10,29-30H. The molecule has 0 unspecified atom stereocenters. The number of H-pyrrole nitrogens is 2. The average Bonchev–Trinajstić information content (AvgIpc) is 3.52. The van der Waals surface area contributed by atoms with Crippen LogP contribution >= 0.6 is 46.4 Å². The van der Waals surface area contributed by atoms with Gasteiger partial charge in [-0.15, -0.1) is 0 Å². The van der Waals surface area contributed by atoms with E-state index in [1.807, 2.05) is 54.6 Å². The molecule has 0 aliphatic carbocycles. The molecule has 0 fully saturated rings. The molecule has 0 radical (unpaired) electrons. The number of halogens is 4. The van der Waals surface area contributed by atoms with E-state index < -0.39 is 0 Å². The van der Waals surface area contributed by atoms with Crippen LogP contribution < -0.4 is 0 Å². The van der Waals surface area contributed by atoms with Crippen molar-refractivity contribution in [3.05, 3.63) is 82.1 Å². The average molecular weight is 498 g/mol. The largest absolute Gasteiger partial charge is 0.355 e. The Morgan fingerprint density at radius 3 is 2.03 bits per heavy atom. The van der Waals surface area contributed by atoms with Gasteiger partial charge in [0.25, 0.3) is 0 Å². The summed E-state index contributed by atoms with van der Waals surface area (Å²) in [6.07, 6.45) is 0.